The van der Waals surface area contributed by atoms with E-state index in [0.717, 1.165) is 0 Å². The molecule has 0 radical (unpaired) electrons. The van der Waals surface area contributed by atoms with Crippen molar-refractivity contribution in [3.05, 3.63) is 63.6 Å². The first-order valence-corrected chi connectivity index (χ1v) is 8.01. The summed E-state index contributed by atoms with van der Waals surface area (Å²) in [6, 6.07) is 10.8. The highest BCUT2D eigenvalue weighted by Gasteiger charge is 2.12. The molecule has 2 rings (SSSR count). The van der Waals surface area contributed by atoms with E-state index >= 15 is 0 Å². The van der Waals surface area contributed by atoms with E-state index in [1.165, 1.54) is 25.2 Å². The fourth-order valence-electron chi connectivity index (χ4n) is 1.98. The molecule has 2 aromatic carbocycles. The van der Waals surface area contributed by atoms with Gasteiger partial charge in [-0.15, -0.1) is 0 Å². The summed E-state index contributed by atoms with van der Waals surface area (Å²) in [7, 11) is 1.54. The Morgan fingerprint density at radius 1 is 0.960 bits per heavy atom. The van der Waals surface area contributed by atoms with Crippen LogP contribution in [0.15, 0.2) is 42.5 Å². The molecule has 3 N–H and O–H groups in total. The van der Waals surface area contributed by atoms with Gasteiger partial charge in [0.2, 0.25) is 5.91 Å². The largest absolute Gasteiger partial charge is 0.355 e. The number of benzene rings is 2. The van der Waals surface area contributed by atoms with Gasteiger partial charge in [0.15, 0.2) is 0 Å². The molecule has 3 amide bonds. The minimum absolute atomic E-state index is 0.204. The third-order valence-electron chi connectivity index (χ3n) is 3.24. The molecule has 25 heavy (non-hydrogen) atoms. The molecule has 0 aromatic heterocycles. The van der Waals surface area contributed by atoms with Gasteiger partial charge in [0, 0.05) is 23.3 Å². The van der Waals surface area contributed by atoms with Crippen LogP contribution in [0.3, 0.4) is 0 Å². The molecular weight excluding hydrogens is 365 g/mol. The van der Waals surface area contributed by atoms with E-state index in [-0.39, 0.29) is 23.0 Å². The molecule has 0 fully saturated rings. The van der Waals surface area contributed by atoms with Crippen molar-refractivity contribution in [1.29, 1.82) is 0 Å². The zero-order chi connectivity index (χ0) is 18.4. The lowest BCUT2D eigenvalue weighted by molar-refractivity contribution is -0.115. The van der Waals surface area contributed by atoms with E-state index in [4.69, 9.17) is 23.2 Å². The quantitative estimate of drug-likeness (QED) is 0.746. The summed E-state index contributed by atoms with van der Waals surface area (Å²) in [5.74, 6) is -1.11. The van der Waals surface area contributed by atoms with E-state index < -0.39 is 11.8 Å². The molecule has 0 atom stereocenters. The van der Waals surface area contributed by atoms with Crippen LogP contribution in [0.2, 0.25) is 10.0 Å². The lowest BCUT2D eigenvalue weighted by Gasteiger charge is -2.08. The van der Waals surface area contributed by atoms with Crippen LogP contribution in [-0.4, -0.2) is 31.3 Å². The van der Waals surface area contributed by atoms with Crippen molar-refractivity contribution in [2.24, 2.45) is 0 Å². The minimum Gasteiger partial charge on any atom is -0.355 e. The third kappa shape index (κ3) is 5.20. The normalized spacial score (nSPS) is 10.0. The summed E-state index contributed by atoms with van der Waals surface area (Å²) in [6.45, 7) is -0.227. The first kappa shape index (κ1) is 18.8. The number of anilines is 1. The molecule has 0 aliphatic heterocycles. The van der Waals surface area contributed by atoms with Gasteiger partial charge in [-0.2, -0.15) is 0 Å². The van der Waals surface area contributed by atoms with Gasteiger partial charge >= 0.3 is 0 Å². The zero-order valence-electron chi connectivity index (χ0n) is 13.2. The van der Waals surface area contributed by atoms with E-state index in [1.54, 1.807) is 24.3 Å². The molecule has 0 saturated heterocycles. The summed E-state index contributed by atoms with van der Waals surface area (Å²) in [5.41, 5.74) is 1.22. The topological polar surface area (TPSA) is 87.3 Å². The van der Waals surface area contributed by atoms with Gasteiger partial charge in [-0.25, -0.2) is 0 Å². The Kier molecular flexibility index (Phi) is 6.38. The van der Waals surface area contributed by atoms with Crippen LogP contribution >= 0.6 is 23.2 Å². The van der Waals surface area contributed by atoms with Gasteiger partial charge in [0.05, 0.1) is 17.1 Å². The fraction of sp³-hybridized carbons (Fsp3) is 0.118. The number of rotatable bonds is 5. The van der Waals surface area contributed by atoms with Gasteiger partial charge in [-0.1, -0.05) is 23.2 Å². The first-order valence-electron chi connectivity index (χ1n) is 7.26. The van der Waals surface area contributed by atoms with Crippen LogP contribution in [0.25, 0.3) is 0 Å². The number of carbonyl (C=O) groups is 3. The third-order valence-corrected chi connectivity index (χ3v) is 3.79. The highest BCUT2D eigenvalue weighted by Crippen LogP contribution is 2.20. The van der Waals surface area contributed by atoms with Crippen molar-refractivity contribution in [2.75, 3.05) is 18.9 Å². The van der Waals surface area contributed by atoms with Crippen LogP contribution in [0.5, 0.6) is 0 Å². The van der Waals surface area contributed by atoms with Crippen LogP contribution < -0.4 is 16.0 Å². The summed E-state index contributed by atoms with van der Waals surface area (Å²) in [6.07, 6.45) is 0. The molecule has 6 nitrogen and oxygen atoms in total. The molecule has 0 heterocycles. The van der Waals surface area contributed by atoms with Crippen molar-refractivity contribution in [1.82, 2.24) is 10.6 Å². The summed E-state index contributed by atoms with van der Waals surface area (Å²) < 4.78 is 0. The first-order chi connectivity index (χ1) is 11.9. The van der Waals surface area contributed by atoms with Gasteiger partial charge in [-0.3, -0.25) is 14.4 Å². The average Bonchev–Trinajstić information content (AvgIpc) is 2.59. The van der Waals surface area contributed by atoms with Crippen LogP contribution in [0.1, 0.15) is 20.7 Å². The fourth-order valence-corrected chi connectivity index (χ4v) is 2.48. The second-order valence-electron chi connectivity index (χ2n) is 5.01. The SMILES string of the molecule is CNC(=O)c1ccc(NC(=O)CNC(=O)c2ccc(Cl)cc2Cl)cc1. The second-order valence-corrected chi connectivity index (χ2v) is 5.86. The summed E-state index contributed by atoms with van der Waals surface area (Å²) >= 11 is 11.7. The van der Waals surface area contributed by atoms with E-state index in [9.17, 15) is 14.4 Å². The van der Waals surface area contributed by atoms with Gasteiger partial charge in [0.25, 0.3) is 11.8 Å². The smallest absolute Gasteiger partial charge is 0.253 e. The molecule has 0 saturated carbocycles. The zero-order valence-corrected chi connectivity index (χ0v) is 14.7. The molecule has 0 aliphatic carbocycles. The number of hydrogen-bond donors (Lipinski definition) is 3. The van der Waals surface area contributed by atoms with Crippen molar-refractivity contribution in [2.45, 2.75) is 0 Å². The predicted molar refractivity (Wildman–Crippen MR) is 97.3 cm³/mol. The number of halogens is 2. The lowest BCUT2D eigenvalue weighted by atomic mass is 10.2. The van der Waals surface area contributed by atoms with Crippen molar-refractivity contribution >= 4 is 46.6 Å². The van der Waals surface area contributed by atoms with Crippen molar-refractivity contribution < 1.29 is 14.4 Å². The van der Waals surface area contributed by atoms with Crippen molar-refractivity contribution in [3.63, 3.8) is 0 Å². The molecule has 8 heteroatoms. The number of hydrogen-bond acceptors (Lipinski definition) is 3. The standard InChI is InChI=1S/C17H15Cl2N3O3/c1-20-16(24)10-2-5-12(6-3-10)22-15(23)9-21-17(25)13-7-4-11(18)8-14(13)19/h2-8H,9H2,1H3,(H,20,24)(H,21,25)(H,22,23). The number of carbonyl (C=O) groups excluding carboxylic acids is 3. The molecular formula is C17H15Cl2N3O3. The van der Waals surface area contributed by atoms with E-state index in [0.29, 0.717) is 16.3 Å². The predicted octanol–water partition coefficient (Wildman–Crippen LogP) is 2.72. The van der Waals surface area contributed by atoms with E-state index in [2.05, 4.69) is 16.0 Å². The van der Waals surface area contributed by atoms with E-state index in [1.807, 2.05) is 0 Å². The maximum Gasteiger partial charge on any atom is 0.253 e. The maximum absolute atomic E-state index is 12.0. The molecule has 2 aromatic rings. The number of nitrogens with one attached hydrogen (secondary N) is 3. The second kappa shape index (κ2) is 8.50. The van der Waals surface area contributed by atoms with Gasteiger partial charge < -0.3 is 16.0 Å². The number of amides is 3. The lowest BCUT2D eigenvalue weighted by Crippen LogP contribution is -2.33. The van der Waals surface area contributed by atoms with Crippen LogP contribution in [0, 0.1) is 0 Å². The van der Waals surface area contributed by atoms with Gasteiger partial charge in [0.1, 0.15) is 0 Å². The van der Waals surface area contributed by atoms with Crippen LogP contribution in [-0.2, 0) is 4.79 Å². The molecule has 0 bridgehead atoms. The Labute approximate surface area is 154 Å². The molecule has 130 valence electrons. The molecule has 0 unspecified atom stereocenters. The van der Waals surface area contributed by atoms with Crippen LogP contribution in [0.4, 0.5) is 5.69 Å². The monoisotopic (exact) mass is 379 g/mol. The van der Waals surface area contributed by atoms with Crippen molar-refractivity contribution in [3.8, 4) is 0 Å². The molecule has 0 aliphatic rings. The summed E-state index contributed by atoms with van der Waals surface area (Å²) in [5, 5.41) is 8.22. The van der Waals surface area contributed by atoms with Gasteiger partial charge in [-0.05, 0) is 42.5 Å². The summed E-state index contributed by atoms with van der Waals surface area (Å²) in [4.78, 5) is 35.4. The maximum atomic E-state index is 12.0. The average molecular weight is 380 g/mol. The Hall–Kier alpha value is -2.57. The Morgan fingerprint density at radius 3 is 2.24 bits per heavy atom. The Balaban J connectivity index is 1.90. The highest BCUT2D eigenvalue weighted by molar-refractivity contribution is 6.36. The molecule has 0 spiro atoms. The Bertz CT molecular complexity index is 807. The highest BCUT2D eigenvalue weighted by atomic mass is 35.5. The Morgan fingerprint density at radius 2 is 1.64 bits per heavy atom. The minimum atomic E-state index is -0.480.